The van der Waals surface area contributed by atoms with Crippen molar-refractivity contribution in [1.82, 2.24) is 0 Å². The molecular weight excluding hydrogens is 244 g/mol. The number of hydrogen-bond donors (Lipinski definition) is 0. The first kappa shape index (κ1) is 18.3. The zero-order valence-corrected chi connectivity index (χ0v) is 14.5. The summed E-state index contributed by atoms with van der Waals surface area (Å²) in [5, 5.41) is 0. The molecule has 0 radical (unpaired) electrons. The molecule has 0 aromatic heterocycles. The number of hydrogen-bond acceptors (Lipinski definition) is 0. The number of unbranched alkanes of at least 4 members (excludes halogenated alkanes) is 6. The second-order valence-electron chi connectivity index (χ2n) is 6.17. The maximum Gasteiger partial charge on any atom is 0.129 e. The van der Waals surface area contributed by atoms with Gasteiger partial charge in [0.05, 0.1) is 0 Å². The Hall–Kier alpha value is -0.743. The molecule has 0 nitrogen and oxygen atoms in total. The lowest BCUT2D eigenvalue weighted by Crippen LogP contribution is -2.16. The fourth-order valence-electron chi connectivity index (χ4n) is 1.68. The van der Waals surface area contributed by atoms with Gasteiger partial charge in [-0.2, -0.15) is 0 Å². The molecule has 0 aliphatic rings. The lowest BCUT2D eigenvalue weighted by atomic mass is 10.1. The fourth-order valence-corrected chi connectivity index (χ4v) is 2.19. The summed E-state index contributed by atoms with van der Waals surface area (Å²) in [4.78, 5) is 0. The number of allylic oxidation sites excluding steroid dienone is 4. The van der Waals surface area contributed by atoms with Crippen molar-refractivity contribution in [2.45, 2.75) is 77.9 Å². The smallest absolute Gasteiger partial charge is 0.127 e. The maximum atomic E-state index is 3.35. The van der Waals surface area contributed by atoms with E-state index in [0.29, 0.717) is 0 Å². The molecule has 0 amide bonds. The third-order valence-electron chi connectivity index (χ3n) is 2.78. The zero-order valence-electron chi connectivity index (χ0n) is 13.5. The molecule has 1 heteroatoms. The van der Waals surface area contributed by atoms with Crippen molar-refractivity contribution in [2.24, 2.45) is 0 Å². The van der Waals surface area contributed by atoms with Crippen molar-refractivity contribution in [3.8, 4) is 11.5 Å². The Morgan fingerprint density at radius 2 is 1.42 bits per heavy atom. The maximum absolute atomic E-state index is 3.35. The monoisotopic (exact) mass is 276 g/mol. The predicted molar refractivity (Wildman–Crippen MR) is 92.0 cm³/mol. The zero-order chi connectivity index (χ0) is 14.4. The minimum Gasteiger partial charge on any atom is -0.127 e. The molecule has 0 aliphatic heterocycles. The van der Waals surface area contributed by atoms with E-state index in [1.165, 1.54) is 44.9 Å². The van der Waals surface area contributed by atoms with Crippen molar-refractivity contribution >= 4 is 8.07 Å². The molecule has 0 saturated carbocycles. The van der Waals surface area contributed by atoms with Crippen molar-refractivity contribution in [3.63, 3.8) is 0 Å². The van der Waals surface area contributed by atoms with Crippen LogP contribution in [-0.2, 0) is 0 Å². The molecule has 0 fully saturated rings. The highest BCUT2D eigenvalue weighted by molar-refractivity contribution is 6.83. The first-order chi connectivity index (χ1) is 9.06. The van der Waals surface area contributed by atoms with Crippen LogP contribution in [0, 0.1) is 11.5 Å². The molecule has 0 rings (SSSR count). The van der Waals surface area contributed by atoms with Gasteiger partial charge in [0, 0.05) is 0 Å². The van der Waals surface area contributed by atoms with Gasteiger partial charge in [0.1, 0.15) is 8.07 Å². The fraction of sp³-hybridized carbons (Fsp3) is 0.667. The summed E-state index contributed by atoms with van der Waals surface area (Å²) < 4.78 is 0. The van der Waals surface area contributed by atoms with E-state index in [-0.39, 0.29) is 0 Å². The third-order valence-corrected chi connectivity index (χ3v) is 3.68. The first-order valence-electron chi connectivity index (χ1n) is 7.89. The van der Waals surface area contributed by atoms with E-state index in [1.807, 2.05) is 6.08 Å². The van der Waals surface area contributed by atoms with Crippen LogP contribution < -0.4 is 0 Å². The molecule has 0 aromatic rings. The van der Waals surface area contributed by atoms with Crippen LogP contribution in [-0.4, -0.2) is 8.07 Å². The molecule has 0 aliphatic carbocycles. The predicted octanol–water partition coefficient (Wildman–Crippen LogP) is 6.12. The van der Waals surface area contributed by atoms with Gasteiger partial charge in [-0.15, -0.1) is 5.54 Å². The molecule has 0 saturated heterocycles. The van der Waals surface area contributed by atoms with Gasteiger partial charge < -0.3 is 0 Å². The minimum absolute atomic E-state index is 1.15. The molecule has 108 valence electrons. The van der Waals surface area contributed by atoms with Crippen molar-refractivity contribution < 1.29 is 0 Å². The van der Waals surface area contributed by atoms with E-state index >= 15 is 0 Å². The summed E-state index contributed by atoms with van der Waals surface area (Å²) in [6.45, 7) is 9.09. The van der Waals surface area contributed by atoms with E-state index in [9.17, 15) is 0 Å². The van der Waals surface area contributed by atoms with Crippen LogP contribution in [0.3, 0.4) is 0 Å². The van der Waals surface area contributed by atoms with Crippen LogP contribution in [0.4, 0.5) is 0 Å². The molecule has 0 atom stereocenters. The minimum atomic E-state index is -1.18. The van der Waals surface area contributed by atoms with Gasteiger partial charge >= 0.3 is 0 Å². The van der Waals surface area contributed by atoms with Gasteiger partial charge in [-0.25, -0.2) is 0 Å². The van der Waals surface area contributed by atoms with Gasteiger partial charge in [0.25, 0.3) is 0 Å². The molecule has 0 unspecified atom stereocenters. The molecule has 0 spiro atoms. The quantitative estimate of drug-likeness (QED) is 0.206. The lowest BCUT2D eigenvalue weighted by Gasteiger charge is -2.02. The second-order valence-corrected chi connectivity index (χ2v) is 10.9. The van der Waals surface area contributed by atoms with Gasteiger partial charge in [-0.1, -0.05) is 70.0 Å². The van der Waals surface area contributed by atoms with Crippen LogP contribution in [0.25, 0.3) is 0 Å². The Morgan fingerprint density at radius 1 is 0.789 bits per heavy atom. The second kappa shape index (κ2) is 12.3. The topological polar surface area (TPSA) is 0 Å². The highest BCUT2D eigenvalue weighted by Gasteiger charge is 2.06. The standard InChI is InChI=1S/C18H32Si/c1-5-6-7-8-9-10-11-12-13-14-15-16-17-18-19(2,3)4/h10-11,15-16H,5-9,12-14H2,1-4H3/b11-10-,16-15+. The largest absolute Gasteiger partial charge is 0.129 e. The van der Waals surface area contributed by atoms with E-state index < -0.39 is 8.07 Å². The molecule has 0 heterocycles. The van der Waals surface area contributed by atoms with Crippen LogP contribution in [0.5, 0.6) is 0 Å². The Kier molecular flexibility index (Phi) is 11.8. The molecule has 0 N–H and O–H groups in total. The van der Waals surface area contributed by atoms with Crippen molar-refractivity contribution in [3.05, 3.63) is 24.3 Å². The van der Waals surface area contributed by atoms with E-state index in [2.05, 4.69) is 56.3 Å². The molecule has 19 heavy (non-hydrogen) atoms. The summed E-state index contributed by atoms with van der Waals surface area (Å²) in [6, 6.07) is 0. The summed E-state index contributed by atoms with van der Waals surface area (Å²) in [7, 11) is -1.18. The van der Waals surface area contributed by atoms with Gasteiger partial charge in [-0.3, -0.25) is 0 Å². The summed E-state index contributed by atoms with van der Waals surface area (Å²) in [6.07, 6.45) is 19.3. The van der Waals surface area contributed by atoms with Crippen molar-refractivity contribution in [1.29, 1.82) is 0 Å². The van der Waals surface area contributed by atoms with E-state index in [1.54, 1.807) is 0 Å². The van der Waals surface area contributed by atoms with Gasteiger partial charge in [0.15, 0.2) is 0 Å². The summed E-state index contributed by atoms with van der Waals surface area (Å²) in [5.74, 6) is 3.17. The van der Waals surface area contributed by atoms with Gasteiger partial charge in [-0.05, 0) is 38.2 Å². The number of rotatable bonds is 9. The van der Waals surface area contributed by atoms with Gasteiger partial charge in [0.2, 0.25) is 0 Å². The van der Waals surface area contributed by atoms with Crippen LogP contribution in [0.15, 0.2) is 24.3 Å². The highest BCUT2D eigenvalue weighted by atomic mass is 28.3. The average Bonchev–Trinajstić information content (AvgIpc) is 2.34. The van der Waals surface area contributed by atoms with Crippen LogP contribution in [0.1, 0.15) is 58.3 Å². The third kappa shape index (κ3) is 17.3. The van der Waals surface area contributed by atoms with Crippen molar-refractivity contribution in [2.75, 3.05) is 0 Å². The van der Waals surface area contributed by atoms with Crippen LogP contribution in [0.2, 0.25) is 19.6 Å². The Labute approximate surface area is 122 Å². The molecule has 0 aromatic carbocycles. The average molecular weight is 277 g/mol. The first-order valence-corrected chi connectivity index (χ1v) is 11.4. The van der Waals surface area contributed by atoms with E-state index in [4.69, 9.17) is 0 Å². The SMILES string of the molecule is CCCCCC/C=C\CCC/C=C/C#C[Si](C)(C)C. The normalized spacial score (nSPS) is 12.0. The Balaban J connectivity index is 3.41. The Morgan fingerprint density at radius 3 is 2.05 bits per heavy atom. The highest BCUT2D eigenvalue weighted by Crippen LogP contribution is 2.04. The Bertz CT molecular complexity index is 307. The molecule has 0 bridgehead atoms. The van der Waals surface area contributed by atoms with E-state index in [0.717, 1.165) is 6.42 Å². The van der Waals surface area contributed by atoms with Crippen LogP contribution >= 0.6 is 0 Å². The lowest BCUT2D eigenvalue weighted by molar-refractivity contribution is 0.673. The summed E-state index contributed by atoms with van der Waals surface area (Å²) in [5.41, 5.74) is 3.35. The summed E-state index contributed by atoms with van der Waals surface area (Å²) >= 11 is 0. The molecular formula is C18H32Si.